The third-order valence-corrected chi connectivity index (χ3v) is 4.56. The number of anilines is 1. The van der Waals surface area contributed by atoms with E-state index in [4.69, 9.17) is 16.6 Å². The molecule has 2 heterocycles. The molecule has 1 aromatic carbocycles. The molecule has 0 saturated carbocycles. The SMILES string of the molecule is CCn1ccc(N2C(C)=NC(c3cccc(Cl)c3)C2C)cc1=O. The van der Waals surface area contributed by atoms with Crippen LogP contribution in [0.4, 0.5) is 5.69 Å². The number of aromatic nitrogens is 1. The van der Waals surface area contributed by atoms with Crippen molar-refractivity contribution in [3.05, 3.63) is 63.5 Å². The number of rotatable bonds is 3. The number of aryl methyl sites for hydroxylation is 1. The van der Waals surface area contributed by atoms with E-state index in [2.05, 4.69) is 11.8 Å². The van der Waals surface area contributed by atoms with Crippen molar-refractivity contribution in [2.45, 2.75) is 39.4 Å². The number of benzene rings is 1. The van der Waals surface area contributed by atoms with Gasteiger partial charge in [0.15, 0.2) is 0 Å². The molecule has 0 radical (unpaired) electrons. The average Bonchev–Trinajstić information content (AvgIpc) is 2.82. The maximum atomic E-state index is 12.1. The summed E-state index contributed by atoms with van der Waals surface area (Å²) in [5, 5.41) is 0.714. The van der Waals surface area contributed by atoms with E-state index >= 15 is 0 Å². The molecular formula is C18H20ClN3O. The molecule has 2 aromatic rings. The molecule has 0 bridgehead atoms. The highest BCUT2D eigenvalue weighted by molar-refractivity contribution is 6.30. The van der Waals surface area contributed by atoms with E-state index < -0.39 is 0 Å². The molecular weight excluding hydrogens is 310 g/mol. The monoisotopic (exact) mass is 329 g/mol. The van der Waals surface area contributed by atoms with Crippen molar-refractivity contribution in [3.63, 3.8) is 0 Å². The zero-order valence-electron chi connectivity index (χ0n) is 13.5. The largest absolute Gasteiger partial charge is 0.325 e. The number of amidine groups is 1. The van der Waals surface area contributed by atoms with Gasteiger partial charge in [-0.15, -0.1) is 0 Å². The number of hydrogen-bond donors (Lipinski definition) is 0. The highest BCUT2D eigenvalue weighted by Gasteiger charge is 2.33. The predicted molar refractivity (Wildman–Crippen MR) is 95.6 cm³/mol. The van der Waals surface area contributed by atoms with Gasteiger partial charge in [0.1, 0.15) is 5.84 Å². The van der Waals surface area contributed by atoms with Crippen LogP contribution in [-0.4, -0.2) is 16.4 Å². The lowest BCUT2D eigenvalue weighted by Crippen LogP contribution is -2.35. The first-order valence-corrected chi connectivity index (χ1v) is 8.18. The van der Waals surface area contributed by atoms with Crippen molar-refractivity contribution >= 4 is 23.1 Å². The van der Waals surface area contributed by atoms with Gasteiger partial charge < -0.3 is 9.47 Å². The van der Waals surface area contributed by atoms with E-state index in [9.17, 15) is 4.79 Å². The second-order valence-electron chi connectivity index (χ2n) is 5.80. The number of nitrogens with zero attached hydrogens (tertiary/aromatic N) is 3. The van der Waals surface area contributed by atoms with Gasteiger partial charge in [0, 0.05) is 29.5 Å². The number of aliphatic imine (C=N–C) groups is 1. The molecule has 1 aliphatic heterocycles. The maximum Gasteiger partial charge on any atom is 0.252 e. The Balaban J connectivity index is 1.95. The van der Waals surface area contributed by atoms with Crippen LogP contribution in [0.25, 0.3) is 0 Å². The van der Waals surface area contributed by atoms with Gasteiger partial charge >= 0.3 is 0 Å². The van der Waals surface area contributed by atoms with Crippen molar-refractivity contribution in [2.24, 2.45) is 4.99 Å². The Kier molecular flexibility index (Phi) is 4.26. The summed E-state index contributed by atoms with van der Waals surface area (Å²) in [7, 11) is 0. The van der Waals surface area contributed by atoms with Gasteiger partial charge in [-0.3, -0.25) is 9.79 Å². The number of halogens is 1. The molecule has 0 fully saturated rings. The van der Waals surface area contributed by atoms with E-state index in [-0.39, 0.29) is 17.6 Å². The van der Waals surface area contributed by atoms with Gasteiger partial charge in [-0.1, -0.05) is 23.7 Å². The fourth-order valence-corrected chi connectivity index (χ4v) is 3.38. The van der Waals surface area contributed by atoms with Gasteiger partial charge in [0.2, 0.25) is 0 Å². The van der Waals surface area contributed by atoms with Crippen molar-refractivity contribution in [1.82, 2.24) is 4.57 Å². The number of pyridine rings is 1. The third-order valence-electron chi connectivity index (χ3n) is 4.33. The summed E-state index contributed by atoms with van der Waals surface area (Å²) in [4.78, 5) is 19.0. The maximum absolute atomic E-state index is 12.1. The van der Waals surface area contributed by atoms with Gasteiger partial charge in [-0.05, 0) is 44.5 Å². The van der Waals surface area contributed by atoms with Crippen LogP contribution in [0.3, 0.4) is 0 Å². The molecule has 2 unspecified atom stereocenters. The Hall–Kier alpha value is -2.07. The quantitative estimate of drug-likeness (QED) is 0.856. The molecule has 1 aromatic heterocycles. The van der Waals surface area contributed by atoms with Gasteiger partial charge in [-0.25, -0.2) is 0 Å². The summed E-state index contributed by atoms with van der Waals surface area (Å²) in [6.07, 6.45) is 1.84. The smallest absolute Gasteiger partial charge is 0.252 e. The minimum Gasteiger partial charge on any atom is -0.325 e. The molecule has 0 amide bonds. The summed E-state index contributed by atoms with van der Waals surface area (Å²) >= 11 is 6.11. The fourth-order valence-electron chi connectivity index (χ4n) is 3.18. The minimum atomic E-state index is 0.0104. The molecule has 23 heavy (non-hydrogen) atoms. The molecule has 0 aliphatic carbocycles. The van der Waals surface area contributed by atoms with Gasteiger partial charge in [0.25, 0.3) is 5.56 Å². The van der Waals surface area contributed by atoms with Crippen LogP contribution >= 0.6 is 11.6 Å². The first-order chi connectivity index (χ1) is 11.0. The van der Waals surface area contributed by atoms with Crippen molar-refractivity contribution in [1.29, 1.82) is 0 Å². The topological polar surface area (TPSA) is 37.6 Å². The number of hydrogen-bond acceptors (Lipinski definition) is 3. The first kappa shape index (κ1) is 15.8. The molecule has 5 heteroatoms. The summed E-state index contributed by atoms with van der Waals surface area (Å²) in [6.45, 7) is 6.73. The molecule has 0 N–H and O–H groups in total. The van der Waals surface area contributed by atoms with Crippen LogP contribution in [0.1, 0.15) is 32.4 Å². The molecule has 2 atom stereocenters. The Morgan fingerprint density at radius 2 is 2.04 bits per heavy atom. The summed E-state index contributed by atoms with van der Waals surface area (Å²) in [5.41, 5.74) is 1.99. The summed E-state index contributed by atoms with van der Waals surface area (Å²) in [6, 6.07) is 11.6. The predicted octanol–water partition coefficient (Wildman–Crippen LogP) is 3.89. The van der Waals surface area contributed by atoms with E-state index in [1.54, 1.807) is 10.6 Å². The lowest BCUT2D eigenvalue weighted by atomic mass is 10.0. The normalized spacial score (nSPS) is 20.7. The molecule has 1 aliphatic rings. The lowest BCUT2D eigenvalue weighted by Gasteiger charge is -2.27. The second kappa shape index (κ2) is 6.20. The molecule has 3 rings (SSSR count). The molecule has 0 spiro atoms. The highest BCUT2D eigenvalue weighted by atomic mass is 35.5. The zero-order valence-corrected chi connectivity index (χ0v) is 14.3. The van der Waals surface area contributed by atoms with E-state index in [0.29, 0.717) is 11.6 Å². The van der Waals surface area contributed by atoms with E-state index in [1.165, 1.54) is 0 Å². The van der Waals surface area contributed by atoms with Crippen LogP contribution in [0, 0.1) is 0 Å². The zero-order chi connectivity index (χ0) is 16.6. The lowest BCUT2D eigenvalue weighted by molar-refractivity contribution is 0.624. The van der Waals surface area contributed by atoms with Crippen LogP contribution in [-0.2, 0) is 6.54 Å². The molecule has 0 saturated heterocycles. The Morgan fingerprint density at radius 1 is 1.26 bits per heavy atom. The van der Waals surface area contributed by atoms with Crippen LogP contribution in [0.15, 0.2) is 52.4 Å². The van der Waals surface area contributed by atoms with Crippen LogP contribution in [0.5, 0.6) is 0 Å². The van der Waals surface area contributed by atoms with Gasteiger partial charge in [-0.2, -0.15) is 0 Å². The van der Waals surface area contributed by atoms with Crippen molar-refractivity contribution in [3.8, 4) is 0 Å². The Bertz CT molecular complexity index is 812. The van der Waals surface area contributed by atoms with E-state index in [1.807, 2.05) is 50.4 Å². The van der Waals surface area contributed by atoms with Crippen LogP contribution < -0.4 is 10.5 Å². The Morgan fingerprint density at radius 3 is 2.70 bits per heavy atom. The molecule has 120 valence electrons. The second-order valence-corrected chi connectivity index (χ2v) is 6.23. The average molecular weight is 330 g/mol. The van der Waals surface area contributed by atoms with Gasteiger partial charge in [0.05, 0.1) is 12.1 Å². The summed E-state index contributed by atoms with van der Waals surface area (Å²) < 4.78 is 1.69. The Labute approximate surface area is 141 Å². The third kappa shape index (κ3) is 2.91. The standard InChI is InChI=1S/C18H20ClN3O/c1-4-21-9-8-16(11-17(21)23)22-12(2)18(20-13(22)3)14-6-5-7-15(19)10-14/h5-12,18H,4H2,1-3H3. The highest BCUT2D eigenvalue weighted by Crippen LogP contribution is 2.34. The van der Waals surface area contributed by atoms with Crippen molar-refractivity contribution in [2.75, 3.05) is 4.90 Å². The fraction of sp³-hybridized carbons (Fsp3) is 0.333. The van der Waals surface area contributed by atoms with Crippen LogP contribution in [0.2, 0.25) is 5.02 Å². The molecule has 4 nitrogen and oxygen atoms in total. The van der Waals surface area contributed by atoms with Crippen molar-refractivity contribution < 1.29 is 0 Å². The van der Waals surface area contributed by atoms with E-state index in [0.717, 1.165) is 17.1 Å². The summed E-state index contributed by atoms with van der Waals surface area (Å²) in [5.74, 6) is 0.913. The first-order valence-electron chi connectivity index (χ1n) is 7.81. The minimum absolute atomic E-state index is 0.0104.